The summed E-state index contributed by atoms with van der Waals surface area (Å²) in [5.74, 6) is -0.832. The maximum absolute atomic E-state index is 13.3. The van der Waals surface area contributed by atoms with Crippen LogP contribution in [0.15, 0.2) is 42.4 Å². The number of Topliss-reactive ketones (excluding diaryl/α,β-unsaturated/α-hetero) is 1. The van der Waals surface area contributed by atoms with Crippen molar-refractivity contribution in [2.45, 2.75) is 26.2 Å². The first kappa shape index (κ1) is 11.5. The number of ketones is 1. The second-order valence-electron chi connectivity index (χ2n) is 6.99. The van der Waals surface area contributed by atoms with Crippen LogP contribution >= 0.6 is 0 Å². The fourth-order valence-corrected chi connectivity index (χ4v) is 3.14. The second-order valence-corrected chi connectivity index (χ2v) is 6.99. The number of para-hydroxylation sites is 2. The minimum absolute atomic E-state index is 0.0564. The lowest BCUT2D eigenvalue weighted by Crippen LogP contribution is -2.50. The van der Waals surface area contributed by atoms with E-state index in [4.69, 9.17) is 27.3 Å². The van der Waals surface area contributed by atoms with Crippen molar-refractivity contribution < 1.29 is 37.2 Å². The van der Waals surface area contributed by atoms with Gasteiger partial charge in [0.25, 0.3) is 0 Å². The first-order valence-electron chi connectivity index (χ1n) is 16.3. The Morgan fingerprint density at radius 1 is 1.16 bits per heavy atom. The van der Waals surface area contributed by atoms with E-state index in [-0.39, 0.29) is 44.2 Å². The Morgan fingerprint density at radius 3 is 2.45 bits per heavy atom. The van der Waals surface area contributed by atoms with Gasteiger partial charge >= 0.3 is 0 Å². The van der Waals surface area contributed by atoms with Gasteiger partial charge in [0.15, 0.2) is 17.3 Å². The van der Waals surface area contributed by atoms with E-state index in [1.807, 2.05) is 0 Å². The predicted molar refractivity (Wildman–Crippen MR) is 122 cm³/mol. The van der Waals surface area contributed by atoms with Crippen LogP contribution in [0.5, 0.6) is 11.5 Å². The zero-order valence-corrected chi connectivity index (χ0v) is 17.2. The zero-order chi connectivity index (χ0) is 33.4. The van der Waals surface area contributed by atoms with Gasteiger partial charge in [-0.25, -0.2) is 0 Å². The SMILES string of the molecule is [2H]c1c([2H])c(C([2H])([2H])[2H])c(CC(=O)C([2H])([2H])N2CCN(CC(O)C([2H])([2H])Oc3ccccc3OC)CC2)c(C([2H])([2H])[2H])c1[2H]. The van der Waals surface area contributed by atoms with Crippen LogP contribution in [-0.4, -0.2) is 79.7 Å². The molecule has 3 rings (SSSR count). The van der Waals surface area contributed by atoms with E-state index >= 15 is 0 Å². The average Bonchev–Trinajstić information content (AvgIpc) is 2.90. The Morgan fingerprint density at radius 2 is 1.81 bits per heavy atom. The van der Waals surface area contributed by atoms with E-state index in [2.05, 4.69) is 0 Å². The molecule has 1 aliphatic rings. The van der Waals surface area contributed by atoms with Gasteiger partial charge in [0.1, 0.15) is 12.7 Å². The van der Waals surface area contributed by atoms with E-state index in [9.17, 15) is 9.90 Å². The van der Waals surface area contributed by atoms with Crippen molar-refractivity contribution in [2.75, 3.05) is 52.9 Å². The molecule has 0 aliphatic carbocycles. The molecule has 1 heterocycles. The smallest absolute Gasteiger partial charge is 0.161 e. The average molecular weight is 440 g/mol. The molecule has 31 heavy (non-hydrogen) atoms. The molecule has 1 saturated heterocycles. The maximum Gasteiger partial charge on any atom is 0.161 e. The van der Waals surface area contributed by atoms with E-state index in [1.54, 1.807) is 23.1 Å². The number of hydrogen-bond acceptors (Lipinski definition) is 6. The van der Waals surface area contributed by atoms with Gasteiger partial charge in [-0.15, -0.1) is 0 Å². The summed E-state index contributed by atoms with van der Waals surface area (Å²) < 4.78 is 115. The Bertz CT molecular complexity index is 1320. The summed E-state index contributed by atoms with van der Waals surface area (Å²) in [4.78, 5) is 16.1. The van der Waals surface area contributed by atoms with Gasteiger partial charge in [-0.3, -0.25) is 14.6 Å². The second kappa shape index (κ2) is 11.3. The van der Waals surface area contributed by atoms with Gasteiger partial charge in [0.2, 0.25) is 0 Å². The molecule has 1 unspecified atom stereocenters. The van der Waals surface area contributed by atoms with Crippen LogP contribution in [0.4, 0.5) is 0 Å². The molecule has 6 nitrogen and oxygen atoms in total. The van der Waals surface area contributed by atoms with E-state index in [1.165, 1.54) is 13.2 Å². The Kier molecular flexibility index (Phi) is 4.17. The number of rotatable bonds is 10. The van der Waals surface area contributed by atoms with Crippen LogP contribution in [0.3, 0.4) is 0 Å². The number of ether oxygens (including phenoxy) is 2. The lowest BCUT2D eigenvalue weighted by molar-refractivity contribution is -0.120. The fourth-order valence-electron chi connectivity index (χ4n) is 3.14. The van der Waals surface area contributed by atoms with Crippen molar-refractivity contribution >= 4 is 5.78 Å². The van der Waals surface area contributed by atoms with Crippen LogP contribution in [-0.2, 0) is 11.2 Å². The number of benzene rings is 2. The third kappa shape index (κ3) is 6.79. The molecule has 0 radical (unpaired) electrons. The highest BCUT2D eigenvalue weighted by Gasteiger charge is 2.21. The Labute approximate surface area is 203 Å². The standard InChI is InChI=1S/C25H34N2O4/c1-19-7-6-8-20(2)23(19)15-21(28)16-26-11-13-27(14-12-26)17-22(29)18-31-25-10-5-4-9-24(25)30-3/h4-10,22,29H,11-18H2,1-3H3/i1D3,2D3,6D,7D,8D,16D2,18D2. The molecule has 0 aromatic heterocycles. The summed E-state index contributed by atoms with van der Waals surface area (Å²) in [5, 5.41) is 10.6. The van der Waals surface area contributed by atoms with Crippen molar-refractivity contribution in [1.82, 2.24) is 9.80 Å². The molecule has 1 fully saturated rings. The van der Waals surface area contributed by atoms with Crippen LogP contribution < -0.4 is 9.47 Å². The van der Waals surface area contributed by atoms with E-state index < -0.39 is 79.9 Å². The molecular formula is C25H34N2O4. The molecule has 0 bridgehead atoms. The number of methoxy groups -OCH3 is 1. The first-order valence-corrected chi connectivity index (χ1v) is 9.77. The molecule has 1 atom stereocenters. The minimum atomic E-state index is -3.12. The number of carbonyl (C=O) groups excluding carboxylic acids is 1. The number of β-amino-alcohol motifs (C(OH)–C–C–N with tert-alkyl or cyclic N) is 1. The Balaban J connectivity index is 1.75. The third-order valence-electron chi connectivity index (χ3n) is 4.78. The molecule has 1 N–H and O–H groups in total. The van der Waals surface area contributed by atoms with Gasteiger partial charge in [0, 0.05) is 47.4 Å². The van der Waals surface area contributed by atoms with Crippen LogP contribution in [0.2, 0.25) is 0 Å². The summed E-state index contributed by atoms with van der Waals surface area (Å²) in [7, 11) is 1.39. The summed E-state index contributed by atoms with van der Waals surface area (Å²) in [6.45, 7) is -11.5. The number of carbonyl (C=O) groups is 1. The van der Waals surface area contributed by atoms with Gasteiger partial charge in [-0.05, 0) is 42.5 Å². The number of piperazine rings is 1. The molecule has 6 heteroatoms. The number of aliphatic hydroxyl groups is 1. The van der Waals surface area contributed by atoms with Crippen molar-refractivity contribution in [3.8, 4) is 11.5 Å². The molecule has 168 valence electrons. The summed E-state index contributed by atoms with van der Waals surface area (Å²) in [6.07, 6.45) is -2.65. The van der Waals surface area contributed by atoms with Crippen LogP contribution in [0, 0.1) is 13.7 Å². The zero-order valence-electron chi connectivity index (χ0n) is 30.2. The highest BCUT2D eigenvalue weighted by Crippen LogP contribution is 2.25. The van der Waals surface area contributed by atoms with Crippen molar-refractivity contribution in [1.29, 1.82) is 0 Å². The molecule has 2 aromatic rings. The molecular weight excluding hydrogens is 392 g/mol. The fraction of sp³-hybridized carbons (Fsp3) is 0.480. The molecule has 0 saturated carbocycles. The molecule has 0 spiro atoms. The topological polar surface area (TPSA) is 62.2 Å². The number of nitrogens with zero attached hydrogens (tertiary/aromatic N) is 2. The lowest BCUT2D eigenvalue weighted by atomic mass is 9.98. The maximum atomic E-state index is 13.3. The van der Waals surface area contributed by atoms with Crippen molar-refractivity contribution in [3.05, 3.63) is 59.1 Å². The van der Waals surface area contributed by atoms with Gasteiger partial charge in [-0.1, -0.05) is 30.3 Å². The molecule has 1 aliphatic heterocycles. The summed E-state index contributed by atoms with van der Waals surface area (Å²) in [6, 6.07) is 3.58. The van der Waals surface area contributed by atoms with Crippen LogP contribution in [0.25, 0.3) is 0 Å². The monoisotopic (exact) mass is 439 g/mol. The minimum Gasteiger partial charge on any atom is -0.493 e. The molecule has 2 aromatic carbocycles. The molecule has 0 amide bonds. The lowest BCUT2D eigenvalue weighted by Gasteiger charge is -2.35. The summed E-state index contributed by atoms with van der Waals surface area (Å²) in [5.41, 5.74) is -2.43. The highest BCUT2D eigenvalue weighted by atomic mass is 16.5. The predicted octanol–water partition coefficient (Wildman–Crippen LogP) is 2.48. The highest BCUT2D eigenvalue weighted by molar-refractivity contribution is 5.83. The largest absolute Gasteiger partial charge is 0.493 e. The van der Waals surface area contributed by atoms with Gasteiger partial charge < -0.3 is 14.6 Å². The quantitative estimate of drug-likeness (QED) is 0.614. The van der Waals surface area contributed by atoms with Crippen molar-refractivity contribution in [2.24, 2.45) is 0 Å². The number of hydrogen-bond donors (Lipinski definition) is 1. The first-order chi connectivity index (χ1) is 20.1. The van der Waals surface area contributed by atoms with Gasteiger partial charge in [0.05, 0.1) is 23.2 Å². The summed E-state index contributed by atoms with van der Waals surface area (Å²) >= 11 is 0. The normalized spacial score (nSPS) is 24.0. The van der Waals surface area contributed by atoms with Crippen molar-refractivity contribution in [3.63, 3.8) is 0 Å². The Hall–Kier alpha value is -2.41. The van der Waals surface area contributed by atoms with Gasteiger partial charge in [-0.2, -0.15) is 0 Å². The van der Waals surface area contributed by atoms with E-state index in [0.29, 0.717) is 0 Å². The number of aliphatic hydroxyl groups excluding tert-OH is 1. The van der Waals surface area contributed by atoms with E-state index in [0.717, 1.165) is 4.90 Å². The third-order valence-corrected chi connectivity index (χ3v) is 4.78. The van der Waals surface area contributed by atoms with Crippen LogP contribution in [0.1, 0.15) is 34.5 Å².